The number of hydrogen-bond donors (Lipinski definition) is 0. The molecule has 4 rings (SSSR count). The molecule has 2 aliphatic rings. The third-order valence-corrected chi connectivity index (χ3v) is 6.14. The molecule has 146 valence electrons. The molecule has 0 spiro atoms. The van der Waals surface area contributed by atoms with Crippen LogP contribution >= 0.6 is 23.2 Å². The van der Waals surface area contributed by atoms with Crippen LogP contribution in [0.3, 0.4) is 0 Å². The van der Waals surface area contributed by atoms with Gasteiger partial charge in [-0.3, -0.25) is 9.59 Å². The summed E-state index contributed by atoms with van der Waals surface area (Å²) in [5.41, 5.74) is 1.89. The van der Waals surface area contributed by atoms with Crippen molar-refractivity contribution in [1.29, 1.82) is 0 Å². The Balaban J connectivity index is 1.93. The summed E-state index contributed by atoms with van der Waals surface area (Å²) in [4.78, 5) is 29.9. The van der Waals surface area contributed by atoms with Gasteiger partial charge in [0.15, 0.2) is 0 Å². The fourth-order valence-corrected chi connectivity index (χ4v) is 4.84. The van der Waals surface area contributed by atoms with Gasteiger partial charge in [-0.25, -0.2) is 0 Å². The Labute approximate surface area is 175 Å². The number of amides is 2. The van der Waals surface area contributed by atoms with E-state index in [4.69, 9.17) is 23.2 Å². The highest BCUT2D eigenvalue weighted by Crippen LogP contribution is 2.48. The van der Waals surface area contributed by atoms with Gasteiger partial charge in [0.2, 0.25) is 11.8 Å². The molecule has 0 bridgehead atoms. The normalized spacial score (nSPS) is 24.8. The van der Waals surface area contributed by atoms with Crippen LogP contribution in [-0.2, 0) is 9.59 Å². The van der Waals surface area contributed by atoms with Crippen molar-refractivity contribution in [3.8, 4) is 0 Å². The second kappa shape index (κ2) is 7.41. The predicted molar refractivity (Wildman–Crippen MR) is 110 cm³/mol. The molecular formula is C22H22Cl2N2O2. The average Bonchev–Trinajstić information content (AvgIpc) is 3.04. The fourth-order valence-electron chi connectivity index (χ4n) is 4.52. The number of benzene rings is 2. The molecule has 2 heterocycles. The third kappa shape index (κ3) is 3.19. The maximum Gasteiger partial charge on any atom is 0.246 e. The zero-order valence-corrected chi connectivity index (χ0v) is 17.3. The highest BCUT2D eigenvalue weighted by molar-refractivity contribution is 6.30. The molecule has 2 amide bonds. The van der Waals surface area contributed by atoms with Crippen LogP contribution in [0.15, 0.2) is 48.5 Å². The molecule has 2 saturated heterocycles. The van der Waals surface area contributed by atoms with E-state index >= 15 is 0 Å². The molecule has 2 aromatic carbocycles. The van der Waals surface area contributed by atoms with Gasteiger partial charge in [0.25, 0.3) is 0 Å². The van der Waals surface area contributed by atoms with Crippen molar-refractivity contribution in [3.05, 3.63) is 69.7 Å². The maximum atomic E-state index is 13.4. The summed E-state index contributed by atoms with van der Waals surface area (Å²) in [5.74, 6) is 0.0322. The topological polar surface area (TPSA) is 40.6 Å². The van der Waals surface area contributed by atoms with E-state index in [9.17, 15) is 9.59 Å². The summed E-state index contributed by atoms with van der Waals surface area (Å²) in [6, 6.07) is 14.1. The van der Waals surface area contributed by atoms with Crippen molar-refractivity contribution in [1.82, 2.24) is 9.80 Å². The Morgan fingerprint density at radius 3 is 2.29 bits per heavy atom. The molecule has 0 aromatic heterocycles. The lowest BCUT2D eigenvalue weighted by molar-refractivity contribution is -0.159. The molecule has 3 atom stereocenters. The molecule has 4 nitrogen and oxygen atoms in total. The predicted octanol–water partition coefficient (Wildman–Crippen LogP) is 5.02. The fraction of sp³-hybridized carbons (Fsp3) is 0.364. The van der Waals surface area contributed by atoms with E-state index in [0.29, 0.717) is 22.9 Å². The zero-order valence-electron chi connectivity index (χ0n) is 15.8. The lowest BCUT2D eigenvalue weighted by Crippen LogP contribution is -2.59. The molecule has 0 N–H and O–H groups in total. The van der Waals surface area contributed by atoms with Crippen LogP contribution in [0.5, 0.6) is 0 Å². The standard InChI is InChI=1S/C22H22Cl2N2O2/c1-13(2)25-20(14-6-8-16(23)9-7-14)21(15-4-3-5-17(24)12-15)26-18(22(25)28)10-11-19(26)27/h3-9,12-13,18,20-21H,10-11H2,1-2H3/t18-,20-,21-/m1/s1. The van der Waals surface area contributed by atoms with Crippen LogP contribution in [0.25, 0.3) is 0 Å². The molecule has 28 heavy (non-hydrogen) atoms. The van der Waals surface area contributed by atoms with E-state index in [1.807, 2.05) is 67.3 Å². The van der Waals surface area contributed by atoms with Gasteiger partial charge in [0.1, 0.15) is 6.04 Å². The van der Waals surface area contributed by atoms with E-state index in [-0.39, 0.29) is 29.9 Å². The van der Waals surface area contributed by atoms with E-state index in [2.05, 4.69) is 0 Å². The Morgan fingerprint density at radius 1 is 0.929 bits per heavy atom. The molecule has 0 radical (unpaired) electrons. The number of hydrogen-bond acceptors (Lipinski definition) is 2. The molecule has 2 aliphatic heterocycles. The van der Waals surface area contributed by atoms with Gasteiger partial charge in [-0.2, -0.15) is 0 Å². The first-order valence-electron chi connectivity index (χ1n) is 9.52. The summed E-state index contributed by atoms with van der Waals surface area (Å²) < 4.78 is 0. The molecule has 0 unspecified atom stereocenters. The molecule has 6 heteroatoms. The monoisotopic (exact) mass is 416 g/mol. The van der Waals surface area contributed by atoms with Gasteiger partial charge >= 0.3 is 0 Å². The van der Waals surface area contributed by atoms with Gasteiger partial charge in [0.05, 0.1) is 12.1 Å². The highest BCUT2D eigenvalue weighted by Gasteiger charge is 2.53. The van der Waals surface area contributed by atoms with E-state index < -0.39 is 6.04 Å². The summed E-state index contributed by atoms with van der Waals surface area (Å²) >= 11 is 12.4. The van der Waals surface area contributed by atoms with E-state index in [1.165, 1.54) is 0 Å². The van der Waals surface area contributed by atoms with Crippen LogP contribution in [0.1, 0.15) is 49.9 Å². The zero-order chi connectivity index (χ0) is 20.0. The minimum absolute atomic E-state index is 0.00675. The summed E-state index contributed by atoms with van der Waals surface area (Å²) in [6.07, 6.45) is 0.956. The van der Waals surface area contributed by atoms with E-state index in [1.54, 1.807) is 4.90 Å². The number of nitrogens with zero attached hydrogens (tertiary/aromatic N) is 2. The first-order chi connectivity index (χ1) is 13.4. The molecule has 2 fully saturated rings. The quantitative estimate of drug-likeness (QED) is 0.704. The number of halogens is 2. The van der Waals surface area contributed by atoms with Gasteiger partial charge in [0, 0.05) is 22.5 Å². The maximum absolute atomic E-state index is 13.4. The molecule has 0 saturated carbocycles. The summed E-state index contributed by atoms with van der Waals surface area (Å²) in [5, 5.41) is 1.25. The van der Waals surface area contributed by atoms with Crippen LogP contribution in [0.2, 0.25) is 10.0 Å². The summed E-state index contributed by atoms with van der Waals surface area (Å²) in [7, 11) is 0. The number of rotatable bonds is 3. The Kier molecular flexibility index (Phi) is 5.11. The number of carbonyl (C=O) groups excluding carboxylic acids is 2. The van der Waals surface area contributed by atoms with Crippen molar-refractivity contribution in [3.63, 3.8) is 0 Å². The Morgan fingerprint density at radius 2 is 1.64 bits per heavy atom. The van der Waals surface area contributed by atoms with Crippen LogP contribution in [0, 0.1) is 0 Å². The first-order valence-corrected chi connectivity index (χ1v) is 10.3. The second-order valence-electron chi connectivity index (χ2n) is 7.69. The van der Waals surface area contributed by atoms with Crippen LogP contribution in [-0.4, -0.2) is 33.7 Å². The van der Waals surface area contributed by atoms with Crippen molar-refractivity contribution >= 4 is 35.0 Å². The molecular weight excluding hydrogens is 395 g/mol. The van der Waals surface area contributed by atoms with Gasteiger partial charge in [-0.05, 0) is 55.7 Å². The number of carbonyl (C=O) groups is 2. The Bertz CT molecular complexity index is 913. The SMILES string of the molecule is CC(C)N1C(=O)[C@H]2CCC(=O)N2[C@H](c2cccc(Cl)c2)[C@H]1c1ccc(Cl)cc1. The van der Waals surface area contributed by atoms with Crippen molar-refractivity contribution in [2.24, 2.45) is 0 Å². The third-order valence-electron chi connectivity index (χ3n) is 5.65. The smallest absolute Gasteiger partial charge is 0.246 e. The second-order valence-corrected chi connectivity index (χ2v) is 8.56. The van der Waals surface area contributed by atoms with Crippen molar-refractivity contribution < 1.29 is 9.59 Å². The molecule has 0 aliphatic carbocycles. The summed E-state index contributed by atoms with van der Waals surface area (Å²) in [6.45, 7) is 4.03. The minimum Gasteiger partial charge on any atom is -0.329 e. The molecule has 2 aromatic rings. The number of piperazine rings is 1. The lowest BCUT2D eigenvalue weighted by Gasteiger charge is -2.51. The largest absolute Gasteiger partial charge is 0.329 e. The van der Waals surface area contributed by atoms with Crippen molar-refractivity contribution in [2.45, 2.75) is 50.9 Å². The van der Waals surface area contributed by atoms with Gasteiger partial charge < -0.3 is 9.80 Å². The van der Waals surface area contributed by atoms with E-state index in [0.717, 1.165) is 11.1 Å². The average molecular weight is 417 g/mol. The van der Waals surface area contributed by atoms with Gasteiger partial charge in [-0.1, -0.05) is 47.5 Å². The Hall–Kier alpha value is -2.04. The van der Waals surface area contributed by atoms with Crippen LogP contribution in [0.4, 0.5) is 0 Å². The minimum atomic E-state index is -0.414. The lowest BCUT2D eigenvalue weighted by atomic mass is 9.86. The number of fused-ring (bicyclic) bond motifs is 1. The highest BCUT2D eigenvalue weighted by atomic mass is 35.5. The first kappa shape index (κ1) is 19.3. The van der Waals surface area contributed by atoms with Crippen LogP contribution < -0.4 is 0 Å². The van der Waals surface area contributed by atoms with Crippen molar-refractivity contribution in [2.75, 3.05) is 0 Å². The van der Waals surface area contributed by atoms with Gasteiger partial charge in [-0.15, -0.1) is 0 Å².